The molecule has 1 aromatic rings. The highest BCUT2D eigenvalue weighted by Crippen LogP contribution is 2.26. The molecule has 0 saturated heterocycles. The van der Waals surface area contributed by atoms with Crippen LogP contribution >= 0.6 is 0 Å². The monoisotopic (exact) mass is 292 g/mol. The van der Waals surface area contributed by atoms with E-state index in [4.69, 9.17) is 10.2 Å². The number of hydrogen-bond donors (Lipinski definition) is 3. The Morgan fingerprint density at radius 1 is 1.00 bits per heavy atom. The third kappa shape index (κ3) is 2.81. The van der Waals surface area contributed by atoms with Crippen LogP contribution in [-0.4, -0.2) is 39.0 Å². The fourth-order valence-electron chi connectivity index (χ4n) is 2.06. The van der Waals surface area contributed by atoms with Crippen LogP contribution in [0, 0.1) is 0 Å². The molecule has 0 fully saturated rings. The largest absolute Gasteiger partial charge is 0.478 e. The van der Waals surface area contributed by atoms with E-state index in [1.165, 1.54) is 6.92 Å². The first kappa shape index (κ1) is 16.1. The minimum atomic E-state index is -1.58. The minimum absolute atomic E-state index is 0.0159. The van der Waals surface area contributed by atoms with Gasteiger partial charge in [0.05, 0.1) is 16.7 Å². The fourth-order valence-corrected chi connectivity index (χ4v) is 2.06. The summed E-state index contributed by atoms with van der Waals surface area (Å²) in [6.45, 7) is 4.74. The molecule has 0 unspecified atom stereocenters. The number of aromatic carboxylic acids is 3. The van der Waals surface area contributed by atoms with Gasteiger partial charge in [-0.05, 0) is 24.1 Å². The maximum absolute atomic E-state index is 11.9. The minimum Gasteiger partial charge on any atom is -0.478 e. The summed E-state index contributed by atoms with van der Waals surface area (Å²) in [6, 6.07) is 0.685. The number of allylic oxidation sites excluding steroid dienone is 1. The second kappa shape index (κ2) is 6.00. The summed E-state index contributed by atoms with van der Waals surface area (Å²) in [4.78, 5) is 45.6. The number of rotatable bonds is 6. The van der Waals surface area contributed by atoms with E-state index in [9.17, 15) is 24.3 Å². The van der Waals surface area contributed by atoms with E-state index < -0.39 is 40.4 Å². The van der Waals surface area contributed by atoms with Gasteiger partial charge >= 0.3 is 17.9 Å². The fraction of sp³-hybridized carbons (Fsp3) is 0.143. The van der Waals surface area contributed by atoms with Gasteiger partial charge in [0.25, 0.3) is 0 Å². The van der Waals surface area contributed by atoms with Crippen LogP contribution in [0.15, 0.2) is 18.7 Å². The zero-order chi connectivity index (χ0) is 16.3. The lowest BCUT2D eigenvalue weighted by Crippen LogP contribution is -2.19. The molecule has 7 nitrogen and oxygen atoms in total. The molecule has 21 heavy (non-hydrogen) atoms. The lowest BCUT2D eigenvalue weighted by Gasteiger charge is -2.14. The van der Waals surface area contributed by atoms with E-state index in [0.29, 0.717) is 6.07 Å². The number of carbonyl (C=O) groups is 4. The van der Waals surface area contributed by atoms with Crippen LogP contribution in [0.2, 0.25) is 0 Å². The quantitative estimate of drug-likeness (QED) is 0.537. The van der Waals surface area contributed by atoms with E-state index in [0.717, 1.165) is 6.08 Å². The maximum Gasteiger partial charge on any atom is 0.336 e. The van der Waals surface area contributed by atoms with Crippen molar-refractivity contribution in [3.63, 3.8) is 0 Å². The van der Waals surface area contributed by atoms with E-state index in [-0.39, 0.29) is 17.5 Å². The molecule has 1 aromatic carbocycles. The summed E-state index contributed by atoms with van der Waals surface area (Å²) in [5.41, 5.74) is -2.29. The van der Waals surface area contributed by atoms with Crippen molar-refractivity contribution in [3.05, 3.63) is 46.5 Å². The van der Waals surface area contributed by atoms with Gasteiger partial charge in [0.15, 0.2) is 5.78 Å². The van der Waals surface area contributed by atoms with Crippen molar-refractivity contribution in [1.82, 2.24) is 0 Å². The van der Waals surface area contributed by atoms with E-state index >= 15 is 0 Å². The van der Waals surface area contributed by atoms with Crippen molar-refractivity contribution in [2.24, 2.45) is 0 Å². The molecule has 0 heterocycles. The highest BCUT2D eigenvalue weighted by atomic mass is 16.4. The number of benzene rings is 1. The number of carboxylic acid groups (broad SMARTS) is 3. The number of carboxylic acids is 3. The van der Waals surface area contributed by atoms with Gasteiger partial charge in [0.2, 0.25) is 0 Å². The first-order valence-electron chi connectivity index (χ1n) is 5.82. The zero-order valence-electron chi connectivity index (χ0n) is 11.0. The summed E-state index contributed by atoms with van der Waals surface area (Å²) in [7, 11) is 0. The highest BCUT2D eigenvalue weighted by molar-refractivity contribution is 6.15. The van der Waals surface area contributed by atoms with Crippen molar-refractivity contribution < 1.29 is 34.5 Å². The average molecular weight is 292 g/mol. The van der Waals surface area contributed by atoms with Gasteiger partial charge in [0, 0.05) is 5.56 Å². The lowest BCUT2D eigenvalue weighted by molar-refractivity contribution is 0.0647. The highest BCUT2D eigenvalue weighted by Gasteiger charge is 2.29. The average Bonchev–Trinajstić information content (AvgIpc) is 2.43. The normalized spacial score (nSPS) is 9.95. The van der Waals surface area contributed by atoms with Crippen LogP contribution in [0.3, 0.4) is 0 Å². The van der Waals surface area contributed by atoms with Crippen molar-refractivity contribution in [1.29, 1.82) is 0 Å². The molecular formula is C14H12O7. The molecule has 3 N–H and O–H groups in total. The maximum atomic E-state index is 11.9. The van der Waals surface area contributed by atoms with Crippen LogP contribution in [-0.2, 0) is 6.42 Å². The molecule has 110 valence electrons. The second-order valence-electron chi connectivity index (χ2n) is 4.04. The number of hydrogen-bond acceptors (Lipinski definition) is 4. The van der Waals surface area contributed by atoms with Gasteiger partial charge in [-0.25, -0.2) is 14.4 Å². The van der Waals surface area contributed by atoms with Crippen LogP contribution < -0.4 is 0 Å². The predicted molar refractivity (Wildman–Crippen MR) is 71.2 cm³/mol. The second-order valence-corrected chi connectivity index (χ2v) is 4.04. The Labute approximate surface area is 119 Å². The molecule has 0 saturated carbocycles. The Bertz CT molecular complexity index is 670. The molecule has 0 spiro atoms. The molecule has 0 bridgehead atoms. The van der Waals surface area contributed by atoms with Gasteiger partial charge < -0.3 is 15.3 Å². The molecule has 0 radical (unpaired) electrons. The third-order valence-electron chi connectivity index (χ3n) is 2.89. The van der Waals surface area contributed by atoms with Crippen molar-refractivity contribution in [3.8, 4) is 0 Å². The molecule has 1 rings (SSSR count). The topological polar surface area (TPSA) is 129 Å². The summed E-state index contributed by atoms with van der Waals surface area (Å²) >= 11 is 0. The smallest absolute Gasteiger partial charge is 0.336 e. The molecular weight excluding hydrogens is 280 g/mol. The predicted octanol–water partition coefficient (Wildman–Crippen LogP) is 1.71. The van der Waals surface area contributed by atoms with Gasteiger partial charge in [-0.1, -0.05) is 13.5 Å². The third-order valence-corrected chi connectivity index (χ3v) is 2.89. The molecule has 7 heteroatoms. The summed E-state index contributed by atoms with van der Waals surface area (Å²) in [5.74, 6) is -5.42. The Balaban J connectivity index is 4.02. The van der Waals surface area contributed by atoms with Crippen molar-refractivity contribution in [2.75, 3.05) is 0 Å². The van der Waals surface area contributed by atoms with Gasteiger partial charge in [-0.15, -0.1) is 0 Å². The molecule has 0 aliphatic carbocycles. The Morgan fingerprint density at radius 3 is 1.81 bits per heavy atom. The number of ketones is 1. The molecule has 0 amide bonds. The van der Waals surface area contributed by atoms with Crippen molar-refractivity contribution in [2.45, 2.75) is 13.3 Å². The Kier molecular flexibility index (Phi) is 4.60. The van der Waals surface area contributed by atoms with Crippen LogP contribution in [0.25, 0.3) is 0 Å². The summed E-state index contributed by atoms with van der Waals surface area (Å²) in [5, 5.41) is 27.4. The van der Waals surface area contributed by atoms with E-state index in [1.54, 1.807) is 0 Å². The summed E-state index contributed by atoms with van der Waals surface area (Å²) in [6.07, 6.45) is 0.838. The Morgan fingerprint density at radius 2 is 1.48 bits per heavy atom. The lowest BCUT2D eigenvalue weighted by atomic mass is 9.87. The summed E-state index contributed by atoms with van der Waals surface area (Å²) < 4.78 is 0. The standard InChI is InChI=1S/C14H12O7/c1-3-6-10(9(15)4-2)7(12(16)17)5-8(13(18)19)11(6)14(20)21/h4-5H,2-3H2,1H3,(H,16,17)(H,18,19)(H,20,21). The first-order valence-corrected chi connectivity index (χ1v) is 5.82. The zero-order valence-corrected chi connectivity index (χ0v) is 11.0. The molecule has 0 aromatic heterocycles. The number of carbonyl (C=O) groups excluding carboxylic acids is 1. The molecule has 0 atom stereocenters. The SMILES string of the molecule is C=CC(=O)c1c(C(=O)O)cc(C(=O)O)c(C(=O)O)c1CC. The molecule has 0 aliphatic rings. The Hall–Kier alpha value is -2.96. The van der Waals surface area contributed by atoms with Gasteiger partial charge in [-0.2, -0.15) is 0 Å². The molecule has 0 aliphatic heterocycles. The van der Waals surface area contributed by atoms with E-state index in [1.807, 2.05) is 0 Å². The van der Waals surface area contributed by atoms with Gasteiger partial charge in [-0.3, -0.25) is 4.79 Å². The van der Waals surface area contributed by atoms with Crippen molar-refractivity contribution >= 4 is 23.7 Å². The van der Waals surface area contributed by atoms with Crippen LogP contribution in [0.4, 0.5) is 0 Å². The van der Waals surface area contributed by atoms with Gasteiger partial charge in [0.1, 0.15) is 0 Å². The van der Waals surface area contributed by atoms with Crippen LogP contribution in [0.1, 0.15) is 53.9 Å². The first-order chi connectivity index (χ1) is 9.76. The van der Waals surface area contributed by atoms with E-state index in [2.05, 4.69) is 6.58 Å². The van der Waals surface area contributed by atoms with Crippen LogP contribution in [0.5, 0.6) is 0 Å².